The highest BCUT2D eigenvalue weighted by atomic mass is 35.5. The van der Waals surface area contributed by atoms with Gasteiger partial charge in [0.05, 0.1) is 31.2 Å². The number of anilines is 2. The van der Waals surface area contributed by atoms with Gasteiger partial charge in [0.2, 0.25) is 0 Å². The molecule has 7 nitrogen and oxygen atoms in total. The molecule has 0 radical (unpaired) electrons. The number of carbonyl (C=O) groups excluding carboxylic acids is 2. The summed E-state index contributed by atoms with van der Waals surface area (Å²) < 4.78 is 14.7. The predicted molar refractivity (Wildman–Crippen MR) is 123 cm³/mol. The number of hydrogen-bond acceptors (Lipinski definition) is 5. The second kappa shape index (κ2) is 9.07. The van der Waals surface area contributed by atoms with Crippen molar-refractivity contribution in [2.24, 2.45) is 0 Å². The van der Waals surface area contributed by atoms with Gasteiger partial charge in [-0.25, -0.2) is 14.1 Å². The number of aryl methyl sites for hydroxylation is 1. The van der Waals surface area contributed by atoms with Crippen LogP contribution < -0.4 is 10.6 Å². The average molecular weight is 490 g/mol. The number of benzene rings is 2. The molecule has 0 spiro atoms. The predicted octanol–water partition coefficient (Wildman–Crippen LogP) is 5.59. The van der Waals surface area contributed by atoms with E-state index in [1.165, 1.54) is 23.4 Å². The fraction of sp³-hybridized carbons (Fsp3) is 0.0476. The molecule has 0 saturated carbocycles. The monoisotopic (exact) mass is 489 g/mol. The normalized spacial score (nSPS) is 10.8. The zero-order valence-electron chi connectivity index (χ0n) is 16.4. The Hall–Kier alpha value is -3.27. The van der Waals surface area contributed by atoms with Gasteiger partial charge >= 0.3 is 0 Å². The van der Waals surface area contributed by atoms with E-state index in [9.17, 15) is 14.0 Å². The number of nitrogens with zero attached hydrogens (tertiary/aromatic N) is 3. The molecule has 0 aliphatic heterocycles. The van der Waals surface area contributed by atoms with Gasteiger partial charge < -0.3 is 10.6 Å². The van der Waals surface area contributed by atoms with E-state index in [2.05, 4.69) is 20.7 Å². The van der Waals surface area contributed by atoms with Crippen molar-refractivity contribution in [2.75, 3.05) is 10.6 Å². The third-order valence-corrected chi connectivity index (χ3v) is 6.19. The second-order valence-electron chi connectivity index (χ2n) is 6.63. The maximum absolute atomic E-state index is 13.2. The first-order valence-corrected chi connectivity index (χ1v) is 10.7. The number of halogens is 3. The summed E-state index contributed by atoms with van der Waals surface area (Å²) in [6, 6.07) is 10.3. The molecule has 0 aliphatic carbocycles. The molecule has 2 N–H and O–H groups in total. The molecule has 4 aromatic rings. The molecular weight excluding hydrogens is 476 g/mol. The van der Waals surface area contributed by atoms with Crippen LogP contribution in [0.2, 0.25) is 10.0 Å². The Kier molecular flexibility index (Phi) is 6.22. The highest BCUT2D eigenvalue weighted by Crippen LogP contribution is 2.31. The van der Waals surface area contributed by atoms with Crippen LogP contribution in [0.15, 0.2) is 55.1 Å². The molecule has 2 amide bonds. The lowest BCUT2D eigenvalue weighted by Crippen LogP contribution is -2.14. The van der Waals surface area contributed by atoms with Gasteiger partial charge in [-0.3, -0.25) is 9.59 Å². The quantitative estimate of drug-likeness (QED) is 0.382. The van der Waals surface area contributed by atoms with E-state index in [1.54, 1.807) is 31.2 Å². The minimum atomic E-state index is -0.538. The summed E-state index contributed by atoms with van der Waals surface area (Å²) in [5, 5.41) is 10.4. The Balaban J connectivity index is 1.56. The van der Waals surface area contributed by atoms with Gasteiger partial charge in [0, 0.05) is 0 Å². The number of thiophene rings is 1. The van der Waals surface area contributed by atoms with Crippen molar-refractivity contribution in [1.29, 1.82) is 0 Å². The lowest BCUT2D eigenvalue weighted by atomic mass is 10.2. The van der Waals surface area contributed by atoms with Crippen LogP contribution in [0.25, 0.3) is 5.69 Å². The smallest absolute Gasteiger partial charge is 0.266 e. The number of carbonyl (C=O) groups is 2. The third-order valence-electron chi connectivity index (χ3n) is 4.42. The van der Waals surface area contributed by atoms with E-state index in [4.69, 9.17) is 23.2 Å². The van der Waals surface area contributed by atoms with Crippen molar-refractivity contribution in [2.45, 2.75) is 6.92 Å². The number of para-hydroxylation sites is 1. The minimum absolute atomic E-state index is 0.00431. The van der Waals surface area contributed by atoms with Crippen LogP contribution in [0.1, 0.15) is 25.6 Å². The summed E-state index contributed by atoms with van der Waals surface area (Å²) in [5.41, 5.74) is 1.72. The molecule has 4 rings (SSSR count). The molecule has 2 aromatic carbocycles. The topological polar surface area (TPSA) is 88.9 Å². The fourth-order valence-electron chi connectivity index (χ4n) is 2.97. The van der Waals surface area contributed by atoms with Crippen LogP contribution in [0.3, 0.4) is 0 Å². The molecule has 0 fully saturated rings. The number of aromatic nitrogens is 3. The van der Waals surface area contributed by atoms with Gasteiger partial charge in [-0.1, -0.05) is 29.3 Å². The lowest BCUT2D eigenvalue weighted by Gasteiger charge is -2.12. The number of rotatable bonds is 5. The maximum atomic E-state index is 13.2. The molecule has 0 unspecified atom stereocenters. The number of amides is 2. The molecule has 2 aromatic heterocycles. The highest BCUT2D eigenvalue weighted by Gasteiger charge is 2.19. The van der Waals surface area contributed by atoms with Crippen LogP contribution in [0.5, 0.6) is 0 Å². The van der Waals surface area contributed by atoms with E-state index in [0.29, 0.717) is 31.8 Å². The molecule has 32 heavy (non-hydrogen) atoms. The number of nitrogens with one attached hydrogen (secondary N) is 2. The van der Waals surface area contributed by atoms with Gasteiger partial charge in [-0.15, -0.1) is 11.3 Å². The van der Waals surface area contributed by atoms with E-state index in [0.717, 1.165) is 23.5 Å². The Morgan fingerprint density at radius 3 is 2.59 bits per heavy atom. The van der Waals surface area contributed by atoms with E-state index in [1.807, 2.05) is 0 Å². The Bertz CT molecular complexity index is 1320. The van der Waals surface area contributed by atoms with Gasteiger partial charge in [-0.05, 0) is 48.9 Å². The first-order chi connectivity index (χ1) is 15.3. The van der Waals surface area contributed by atoms with Crippen LogP contribution in [0, 0.1) is 12.7 Å². The summed E-state index contributed by atoms with van der Waals surface area (Å²) in [7, 11) is 0. The van der Waals surface area contributed by atoms with E-state index >= 15 is 0 Å². The van der Waals surface area contributed by atoms with Crippen molar-refractivity contribution >= 4 is 57.0 Å². The molecule has 162 valence electrons. The third kappa shape index (κ3) is 4.50. The largest absolute Gasteiger partial charge is 0.319 e. The van der Waals surface area contributed by atoms with Crippen molar-refractivity contribution in [3.8, 4) is 5.69 Å². The molecule has 0 aliphatic rings. The lowest BCUT2D eigenvalue weighted by molar-refractivity contribution is 0.102. The zero-order chi connectivity index (χ0) is 22.8. The molecule has 0 saturated heterocycles. The molecule has 0 atom stereocenters. The summed E-state index contributed by atoms with van der Waals surface area (Å²) in [6.45, 7) is 1.75. The zero-order valence-corrected chi connectivity index (χ0v) is 18.7. The molecule has 0 bridgehead atoms. The first kappa shape index (κ1) is 21.9. The summed E-state index contributed by atoms with van der Waals surface area (Å²) in [5.74, 6) is -1.42. The van der Waals surface area contributed by atoms with Gasteiger partial charge in [0.25, 0.3) is 11.8 Å². The number of hydrogen-bond donors (Lipinski definition) is 2. The van der Waals surface area contributed by atoms with Crippen molar-refractivity contribution in [3.63, 3.8) is 0 Å². The maximum Gasteiger partial charge on any atom is 0.266 e. The highest BCUT2D eigenvalue weighted by molar-refractivity contribution is 7.18. The Morgan fingerprint density at radius 1 is 1.06 bits per heavy atom. The van der Waals surface area contributed by atoms with Crippen LogP contribution >= 0.6 is 34.5 Å². The summed E-state index contributed by atoms with van der Waals surface area (Å²) in [6.07, 6.45) is 2.84. The van der Waals surface area contributed by atoms with Crippen LogP contribution in [0.4, 0.5) is 15.1 Å². The summed E-state index contributed by atoms with van der Waals surface area (Å²) in [4.78, 5) is 29.8. The second-order valence-corrected chi connectivity index (χ2v) is 8.50. The average Bonchev–Trinajstić information content (AvgIpc) is 3.38. The van der Waals surface area contributed by atoms with Crippen molar-refractivity contribution < 1.29 is 14.0 Å². The molecule has 11 heteroatoms. The van der Waals surface area contributed by atoms with Gasteiger partial charge in [0.1, 0.15) is 24.2 Å². The van der Waals surface area contributed by atoms with Gasteiger partial charge in [0.15, 0.2) is 0 Å². The van der Waals surface area contributed by atoms with Crippen molar-refractivity contribution in [1.82, 2.24) is 14.8 Å². The Labute approximate surface area is 195 Å². The van der Waals surface area contributed by atoms with Crippen LogP contribution in [-0.2, 0) is 0 Å². The van der Waals surface area contributed by atoms with Crippen LogP contribution in [-0.4, -0.2) is 26.6 Å². The molecular formula is C21H14Cl2FN5O2S. The first-order valence-electron chi connectivity index (χ1n) is 9.15. The van der Waals surface area contributed by atoms with E-state index in [-0.39, 0.29) is 16.5 Å². The standard InChI is InChI=1S/C21H14Cl2FN5O2S/c1-11-7-17(28-20(30)13-6-5-12(24)8-15(13)23)32-19(11)21(31)27-16-4-2-3-14(22)18(16)29-10-25-9-26-29/h2-10H,1H3,(H,27,31)(H,28,30). The SMILES string of the molecule is Cc1cc(NC(=O)c2ccc(F)cc2Cl)sc1C(=O)Nc1cccc(Cl)c1-n1cncn1. The Morgan fingerprint density at radius 2 is 1.88 bits per heavy atom. The van der Waals surface area contributed by atoms with Crippen molar-refractivity contribution in [3.05, 3.63) is 87.0 Å². The summed E-state index contributed by atoms with van der Waals surface area (Å²) >= 11 is 13.4. The fourth-order valence-corrected chi connectivity index (χ4v) is 4.45. The van der Waals surface area contributed by atoms with E-state index < -0.39 is 11.7 Å². The minimum Gasteiger partial charge on any atom is -0.319 e. The van der Waals surface area contributed by atoms with Gasteiger partial charge in [-0.2, -0.15) is 5.10 Å². The molecule has 2 heterocycles.